The number of carbonyl (C=O) groups excluding carboxylic acids is 4. The Morgan fingerprint density at radius 3 is 2.15 bits per heavy atom. The van der Waals surface area contributed by atoms with E-state index >= 15 is 0 Å². The third kappa shape index (κ3) is 8.10. The van der Waals surface area contributed by atoms with Crippen LogP contribution in [0.5, 0.6) is 17.2 Å². The molecule has 0 radical (unpaired) electrons. The number of fused-ring (bicyclic) bond motifs is 1. The molecule has 1 N–H and O–H groups in total. The summed E-state index contributed by atoms with van der Waals surface area (Å²) in [6.45, 7) is 6.18. The minimum absolute atomic E-state index is 0.0283. The number of rotatable bonds is 11. The average Bonchev–Trinajstić information content (AvgIpc) is 2.87. The van der Waals surface area contributed by atoms with Crippen molar-refractivity contribution in [3.8, 4) is 17.2 Å². The zero-order valence-corrected chi connectivity index (χ0v) is 23.2. The summed E-state index contributed by atoms with van der Waals surface area (Å²) in [5.74, 6) is -3.73. The number of carbonyl (C=O) groups is 4. The molecule has 0 saturated carbocycles. The minimum Gasteiger partial charge on any atom is -0.504 e. The van der Waals surface area contributed by atoms with Crippen molar-refractivity contribution in [3.05, 3.63) is 28.6 Å². The highest BCUT2D eigenvalue weighted by molar-refractivity contribution is 5.86. The monoisotopic (exact) mass is 580 g/mol. The van der Waals surface area contributed by atoms with Crippen molar-refractivity contribution >= 4 is 34.8 Å². The summed E-state index contributed by atoms with van der Waals surface area (Å²) in [5.41, 5.74) is -0.964. The van der Waals surface area contributed by atoms with E-state index in [1.807, 2.05) is 6.92 Å². The second-order valence-corrected chi connectivity index (χ2v) is 9.11. The Morgan fingerprint density at radius 2 is 1.54 bits per heavy atom. The summed E-state index contributed by atoms with van der Waals surface area (Å²) in [6.07, 6.45) is -5.46. The highest BCUT2D eigenvalue weighted by atomic mass is 16.7. The van der Waals surface area contributed by atoms with Gasteiger partial charge in [-0.1, -0.05) is 13.3 Å². The lowest BCUT2D eigenvalue weighted by Crippen LogP contribution is -2.63. The van der Waals surface area contributed by atoms with E-state index in [0.29, 0.717) is 6.42 Å². The van der Waals surface area contributed by atoms with Crippen molar-refractivity contribution in [1.29, 1.82) is 0 Å². The predicted molar refractivity (Wildman–Crippen MR) is 137 cm³/mol. The summed E-state index contributed by atoms with van der Waals surface area (Å²) in [7, 11) is 0. The number of benzene rings is 1. The molecule has 1 fully saturated rings. The van der Waals surface area contributed by atoms with Crippen LogP contribution in [0.15, 0.2) is 27.4 Å². The molecular weight excluding hydrogens is 548 g/mol. The Kier molecular flexibility index (Phi) is 10.5. The van der Waals surface area contributed by atoms with Crippen LogP contribution >= 0.6 is 0 Å². The van der Waals surface area contributed by atoms with Gasteiger partial charge in [-0.2, -0.15) is 0 Å². The van der Waals surface area contributed by atoms with Gasteiger partial charge < -0.3 is 42.7 Å². The van der Waals surface area contributed by atoms with Crippen LogP contribution < -0.4 is 15.1 Å². The van der Waals surface area contributed by atoms with Crippen LogP contribution in [0.1, 0.15) is 47.5 Å². The van der Waals surface area contributed by atoms with Gasteiger partial charge in [0.2, 0.25) is 18.1 Å². The van der Waals surface area contributed by atoms with Gasteiger partial charge in [0.15, 0.2) is 18.0 Å². The molecule has 14 nitrogen and oxygen atoms in total. The largest absolute Gasteiger partial charge is 0.504 e. The SMILES string of the molecule is CCCCOc1c(O)c2ccc(O[C@H]3O[C@H](COC(C)=O)[C@@H](OC(C)=O)[C@H](OC(C)=O)[C@@H]3OC(C)=O)cc2oc1=O. The molecule has 0 aliphatic carbocycles. The van der Waals surface area contributed by atoms with Gasteiger partial charge in [-0.15, -0.1) is 0 Å². The Labute approximate surface area is 234 Å². The van der Waals surface area contributed by atoms with Gasteiger partial charge in [-0.05, 0) is 18.6 Å². The minimum atomic E-state index is -1.50. The van der Waals surface area contributed by atoms with Crippen LogP contribution in [0, 0.1) is 0 Å². The summed E-state index contributed by atoms with van der Waals surface area (Å²) in [4.78, 5) is 59.8. The molecule has 3 rings (SSSR count). The normalized spacial score (nSPS) is 21.9. The molecule has 1 aromatic carbocycles. The van der Waals surface area contributed by atoms with Gasteiger partial charge in [0.25, 0.3) is 0 Å². The summed E-state index contributed by atoms with van der Waals surface area (Å²) in [6, 6.07) is 4.09. The summed E-state index contributed by atoms with van der Waals surface area (Å²) in [5, 5.41) is 10.8. The molecule has 1 saturated heterocycles. The van der Waals surface area contributed by atoms with E-state index in [2.05, 4.69) is 0 Å². The third-order valence-corrected chi connectivity index (χ3v) is 5.76. The quantitative estimate of drug-likeness (QED) is 0.176. The van der Waals surface area contributed by atoms with E-state index in [9.17, 15) is 29.1 Å². The van der Waals surface area contributed by atoms with Crippen molar-refractivity contribution in [2.45, 2.75) is 78.2 Å². The summed E-state index contributed by atoms with van der Waals surface area (Å²) >= 11 is 0. The molecule has 0 unspecified atom stereocenters. The highest BCUT2D eigenvalue weighted by Crippen LogP contribution is 2.35. The van der Waals surface area contributed by atoms with E-state index in [1.54, 1.807) is 0 Å². The number of hydrogen-bond donors (Lipinski definition) is 1. The average molecular weight is 581 g/mol. The number of ether oxygens (including phenoxy) is 7. The van der Waals surface area contributed by atoms with Crippen molar-refractivity contribution in [1.82, 2.24) is 0 Å². The van der Waals surface area contributed by atoms with Crippen LogP contribution in [0.2, 0.25) is 0 Å². The first-order valence-electron chi connectivity index (χ1n) is 12.8. The molecule has 0 bridgehead atoms. The molecule has 2 aromatic rings. The number of esters is 4. The van der Waals surface area contributed by atoms with Crippen LogP contribution in [0.4, 0.5) is 0 Å². The van der Waals surface area contributed by atoms with Crippen LogP contribution in [-0.2, 0) is 42.9 Å². The summed E-state index contributed by atoms with van der Waals surface area (Å²) < 4.78 is 43.6. The fourth-order valence-corrected chi connectivity index (χ4v) is 4.08. The van der Waals surface area contributed by atoms with Crippen LogP contribution in [0.3, 0.4) is 0 Å². The Balaban J connectivity index is 2.00. The highest BCUT2D eigenvalue weighted by Gasteiger charge is 2.53. The maximum atomic E-state index is 12.5. The van der Waals surface area contributed by atoms with E-state index in [1.165, 1.54) is 18.2 Å². The van der Waals surface area contributed by atoms with Crippen molar-refractivity contribution in [2.75, 3.05) is 13.2 Å². The molecule has 0 spiro atoms. The lowest BCUT2D eigenvalue weighted by atomic mass is 9.98. The van der Waals surface area contributed by atoms with E-state index in [4.69, 9.17) is 37.6 Å². The van der Waals surface area contributed by atoms with Crippen LogP contribution in [-0.4, -0.2) is 72.9 Å². The Hall–Kier alpha value is -4.33. The smallest absolute Gasteiger partial charge is 0.383 e. The van der Waals surface area contributed by atoms with Gasteiger partial charge in [-0.25, -0.2) is 4.79 Å². The number of unbranched alkanes of at least 4 members (excludes halogenated alkanes) is 1. The van der Waals surface area contributed by atoms with Gasteiger partial charge >= 0.3 is 29.5 Å². The first-order chi connectivity index (χ1) is 19.4. The molecule has 0 amide bonds. The zero-order chi connectivity index (χ0) is 30.3. The molecule has 2 heterocycles. The second kappa shape index (κ2) is 13.8. The topological polar surface area (TPSA) is 183 Å². The lowest BCUT2D eigenvalue weighted by Gasteiger charge is -2.43. The predicted octanol–water partition coefficient (Wildman–Crippen LogP) is 2.14. The van der Waals surface area contributed by atoms with Gasteiger partial charge in [0.05, 0.1) is 12.0 Å². The lowest BCUT2D eigenvalue weighted by molar-refractivity contribution is -0.288. The molecule has 1 aliphatic rings. The van der Waals surface area contributed by atoms with E-state index in [-0.39, 0.29) is 29.1 Å². The van der Waals surface area contributed by atoms with Crippen molar-refractivity contribution in [2.24, 2.45) is 0 Å². The van der Waals surface area contributed by atoms with Gasteiger partial charge in [0.1, 0.15) is 24.0 Å². The fourth-order valence-electron chi connectivity index (χ4n) is 4.08. The maximum Gasteiger partial charge on any atom is 0.383 e. The molecule has 14 heteroatoms. The van der Waals surface area contributed by atoms with E-state index in [0.717, 1.165) is 34.1 Å². The second-order valence-electron chi connectivity index (χ2n) is 9.11. The van der Waals surface area contributed by atoms with Crippen molar-refractivity contribution in [3.63, 3.8) is 0 Å². The Bertz CT molecular complexity index is 1330. The number of hydrogen-bond acceptors (Lipinski definition) is 14. The molecule has 1 aliphatic heterocycles. The van der Waals surface area contributed by atoms with Crippen LogP contribution in [0.25, 0.3) is 11.0 Å². The van der Waals surface area contributed by atoms with Gasteiger partial charge in [-0.3, -0.25) is 19.2 Å². The molecule has 224 valence electrons. The molecule has 1 aromatic heterocycles. The molecule has 41 heavy (non-hydrogen) atoms. The standard InChI is InChI=1S/C27H32O14/c1-6-7-10-34-23-21(32)18-9-8-17(11-19(18)40-26(23)33)39-27-25(38-16(5)31)24(37-15(4)30)22(36-14(3)29)20(41-27)12-35-13(2)28/h8-9,11,20,22,24-25,27,32H,6-7,10,12H2,1-5H3/t20-,22-,24+,25+,27+/m1/s1. The number of aromatic hydroxyl groups is 1. The fraction of sp³-hybridized carbons (Fsp3) is 0.519. The Morgan fingerprint density at radius 1 is 0.902 bits per heavy atom. The zero-order valence-electron chi connectivity index (χ0n) is 23.2. The third-order valence-electron chi connectivity index (χ3n) is 5.76. The van der Waals surface area contributed by atoms with E-state index < -0.39 is 72.6 Å². The maximum absolute atomic E-state index is 12.5. The molecular formula is C27H32O14. The first kappa shape index (κ1) is 31.2. The van der Waals surface area contributed by atoms with Crippen molar-refractivity contribution < 1.29 is 61.9 Å². The first-order valence-corrected chi connectivity index (χ1v) is 12.8. The molecule has 5 atom stereocenters. The van der Waals surface area contributed by atoms with Gasteiger partial charge in [0, 0.05) is 33.8 Å².